The lowest BCUT2D eigenvalue weighted by Gasteiger charge is -2.06. The first-order chi connectivity index (χ1) is 7.27. The highest BCUT2D eigenvalue weighted by atomic mass is 19.1. The molecule has 0 saturated heterocycles. The summed E-state index contributed by atoms with van der Waals surface area (Å²) in [5.41, 5.74) is 1.11. The topological polar surface area (TPSA) is 26.3 Å². The molecular weight excluding hydrogens is 195 g/mol. The molecule has 0 N–H and O–H groups in total. The molecule has 2 nitrogen and oxygen atoms in total. The van der Waals surface area contributed by atoms with Crippen LogP contribution < -0.4 is 0 Å². The van der Waals surface area contributed by atoms with Crippen molar-refractivity contribution in [3.63, 3.8) is 0 Å². The van der Waals surface area contributed by atoms with Gasteiger partial charge in [-0.3, -0.25) is 4.79 Å². The molecule has 0 fully saturated rings. The van der Waals surface area contributed by atoms with Gasteiger partial charge in [-0.1, -0.05) is 13.3 Å². The van der Waals surface area contributed by atoms with Crippen molar-refractivity contribution in [3.05, 3.63) is 35.1 Å². The van der Waals surface area contributed by atoms with Gasteiger partial charge in [0.25, 0.3) is 0 Å². The summed E-state index contributed by atoms with van der Waals surface area (Å²) in [6.45, 7) is 3.01. The van der Waals surface area contributed by atoms with Crippen LogP contribution in [0, 0.1) is 5.82 Å². The van der Waals surface area contributed by atoms with Crippen molar-refractivity contribution in [2.75, 3.05) is 6.61 Å². The molecule has 0 unspecified atom stereocenters. The van der Waals surface area contributed by atoms with Crippen LogP contribution in [0.4, 0.5) is 4.39 Å². The Balaban J connectivity index is 2.58. The summed E-state index contributed by atoms with van der Waals surface area (Å²) >= 11 is 0. The molecule has 0 aromatic heterocycles. The Kier molecular flexibility index (Phi) is 4.98. The lowest BCUT2D eigenvalue weighted by molar-refractivity contribution is 0.109. The molecule has 0 heterocycles. The molecule has 0 saturated carbocycles. The average Bonchev–Trinajstić information content (AvgIpc) is 2.25. The van der Waals surface area contributed by atoms with Crippen molar-refractivity contribution in [3.8, 4) is 0 Å². The number of carbonyl (C=O) groups is 1. The second kappa shape index (κ2) is 6.30. The molecule has 3 heteroatoms. The van der Waals surface area contributed by atoms with E-state index >= 15 is 0 Å². The van der Waals surface area contributed by atoms with Crippen LogP contribution in [0.3, 0.4) is 0 Å². The Morgan fingerprint density at radius 1 is 1.47 bits per heavy atom. The largest absolute Gasteiger partial charge is 0.377 e. The minimum atomic E-state index is -0.338. The van der Waals surface area contributed by atoms with Gasteiger partial charge in [-0.05, 0) is 30.2 Å². The van der Waals surface area contributed by atoms with Crippen LogP contribution in [0.25, 0.3) is 0 Å². The van der Waals surface area contributed by atoms with Gasteiger partial charge < -0.3 is 4.74 Å². The predicted molar refractivity (Wildman–Crippen MR) is 56.4 cm³/mol. The molecule has 0 bridgehead atoms. The number of hydrogen-bond acceptors (Lipinski definition) is 2. The van der Waals surface area contributed by atoms with Crippen molar-refractivity contribution in [1.82, 2.24) is 0 Å². The lowest BCUT2D eigenvalue weighted by Crippen LogP contribution is -1.99. The molecular formula is C12H15FO2. The Bertz CT molecular complexity index is 323. The minimum absolute atomic E-state index is 0.297. The van der Waals surface area contributed by atoms with Crippen LogP contribution in [0.5, 0.6) is 0 Å². The lowest BCUT2D eigenvalue weighted by atomic mass is 10.1. The number of aldehydes is 1. The highest BCUT2D eigenvalue weighted by Crippen LogP contribution is 2.11. The van der Waals surface area contributed by atoms with E-state index in [-0.39, 0.29) is 5.82 Å². The van der Waals surface area contributed by atoms with E-state index in [4.69, 9.17) is 4.74 Å². The monoisotopic (exact) mass is 210 g/mol. The molecule has 0 aliphatic rings. The van der Waals surface area contributed by atoms with Crippen LogP contribution in [-0.2, 0) is 11.3 Å². The van der Waals surface area contributed by atoms with E-state index in [0.29, 0.717) is 24.3 Å². The van der Waals surface area contributed by atoms with Crippen LogP contribution >= 0.6 is 0 Å². The first-order valence-electron chi connectivity index (χ1n) is 5.09. The van der Waals surface area contributed by atoms with Gasteiger partial charge in [-0.2, -0.15) is 0 Å². The normalized spacial score (nSPS) is 10.3. The average molecular weight is 210 g/mol. The maximum Gasteiger partial charge on any atom is 0.150 e. The first kappa shape index (κ1) is 11.9. The summed E-state index contributed by atoms with van der Waals surface area (Å²) in [4.78, 5) is 10.6. The Morgan fingerprint density at radius 2 is 2.27 bits per heavy atom. The fraction of sp³-hybridized carbons (Fsp3) is 0.417. The fourth-order valence-electron chi connectivity index (χ4n) is 1.24. The number of ether oxygens (including phenoxy) is 1. The maximum atomic E-state index is 12.9. The molecule has 0 aliphatic carbocycles. The van der Waals surface area contributed by atoms with Gasteiger partial charge in [0.15, 0.2) is 0 Å². The third-order valence-electron chi connectivity index (χ3n) is 2.13. The quantitative estimate of drug-likeness (QED) is 0.533. The molecule has 0 amide bonds. The molecule has 0 aliphatic heterocycles. The van der Waals surface area contributed by atoms with E-state index in [9.17, 15) is 9.18 Å². The van der Waals surface area contributed by atoms with Gasteiger partial charge in [-0.25, -0.2) is 4.39 Å². The van der Waals surface area contributed by atoms with Crippen molar-refractivity contribution in [2.45, 2.75) is 26.4 Å². The second-order valence-electron chi connectivity index (χ2n) is 3.37. The van der Waals surface area contributed by atoms with Crippen molar-refractivity contribution in [1.29, 1.82) is 0 Å². The van der Waals surface area contributed by atoms with E-state index in [1.165, 1.54) is 18.2 Å². The molecule has 82 valence electrons. The van der Waals surface area contributed by atoms with Gasteiger partial charge in [-0.15, -0.1) is 0 Å². The molecule has 0 spiro atoms. The summed E-state index contributed by atoms with van der Waals surface area (Å²) < 4.78 is 18.2. The van der Waals surface area contributed by atoms with Crippen molar-refractivity contribution in [2.24, 2.45) is 0 Å². The van der Waals surface area contributed by atoms with Crippen molar-refractivity contribution < 1.29 is 13.9 Å². The Labute approximate surface area is 89.1 Å². The number of unbranched alkanes of at least 4 members (excludes halogenated alkanes) is 1. The zero-order valence-electron chi connectivity index (χ0n) is 8.83. The van der Waals surface area contributed by atoms with E-state index in [2.05, 4.69) is 6.92 Å². The molecule has 0 radical (unpaired) electrons. The molecule has 0 atom stereocenters. The summed E-state index contributed by atoms with van der Waals surface area (Å²) in [6.07, 6.45) is 2.76. The van der Waals surface area contributed by atoms with Crippen LogP contribution in [-0.4, -0.2) is 12.9 Å². The number of benzene rings is 1. The molecule has 15 heavy (non-hydrogen) atoms. The number of carbonyl (C=O) groups excluding carboxylic acids is 1. The molecule has 1 rings (SSSR count). The van der Waals surface area contributed by atoms with Gasteiger partial charge in [0.1, 0.15) is 12.1 Å². The summed E-state index contributed by atoms with van der Waals surface area (Å²) in [7, 11) is 0. The van der Waals surface area contributed by atoms with Crippen LogP contribution in [0.1, 0.15) is 35.7 Å². The maximum absolute atomic E-state index is 12.9. The third kappa shape index (κ3) is 3.80. The van der Waals surface area contributed by atoms with Crippen LogP contribution in [0.2, 0.25) is 0 Å². The predicted octanol–water partition coefficient (Wildman–Crippen LogP) is 2.95. The highest BCUT2D eigenvalue weighted by molar-refractivity contribution is 5.77. The van der Waals surface area contributed by atoms with E-state index in [1.54, 1.807) is 0 Å². The second-order valence-corrected chi connectivity index (χ2v) is 3.37. The van der Waals surface area contributed by atoms with Gasteiger partial charge >= 0.3 is 0 Å². The SMILES string of the molecule is CCCCOCc1cc(F)ccc1C=O. The molecule has 1 aromatic carbocycles. The van der Waals surface area contributed by atoms with Gasteiger partial charge in [0, 0.05) is 12.2 Å². The number of halogens is 1. The van der Waals surface area contributed by atoms with Crippen molar-refractivity contribution >= 4 is 6.29 Å². The zero-order chi connectivity index (χ0) is 11.1. The number of hydrogen-bond donors (Lipinski definition) is 0. The van der Waals surface area contributed by atoms with E-state index < -0.39 is 0 Å². The smallest absolute Gasteiger partial charge is 0.150 e. The van der Waals surface area contributed by atoms with Gasteiger partial charge in [0.05, 0.1) is 6.61 Å². The summed E-state index contributed by atoms with van der Waals surface area (Å²) in [5, 5.41) is 0. The van der Waals surface area contributed by atoms with E-state index in [0.717, 1.165) is 19.1 Å². The zero-order valence-corrected chi connectivity index (χ0v) is 8.83. The summed E-state index contributed by atoms with van der Waals surface area (Å²) in [5.74, 6) is -0.338. The van der Waals surface area contributed by atoms with Gasteiger partial charge in [0.2, 0.25) is 0 Å². The minimum Gasteiger partial charge on any atom is -0.377 e. The Hall–Kier alpha value is -1.22. The van der Waals surface area contributed by atoms with Crippen LogP contribution in [0.15, 0.2) is 18.2 Å². The highest BCUT2D eigenvalue weighted by Gasteiger charge is 2.03. The standard InChI is InChI=1S/C12H15FO2/c1-2-3-6-15-9-11-7-12(13)5-4-10(11)8-14/h4-5,7-8H,2-3,6,9H2,1H3. The third-order valence-corrected chi connectivity index (χ3v) is 2.13. The van der Waals surface area contributed by atoms with E-state index in [1.807, 2.05) is 0 Å². The summed E-state index contributed by atoms with van der Waals surface area (Å²) in [6, 6.07) is 4.09. The number of rotatable bonds is 6. The molecule has 1 aromatic rings. The Morgan fingerprint density at radius 3 is 2.93 bits per heavy atom. The fourth-order valence-corrected chi connectivity index (χ4v) is 1.24. The first-order valence-corrected chi connectivity index (χ1v) is 5.09.